The van der Waals surface area contributed by atoms with Gasteiger partial charge in [0.1, 0.15) is 0 Å². The van der Waals surface area contributed by atoms with Gasteiger partial charge in [0.05, 0.1) is 0 Å². The fourth-order valence-electron chi connectivity index (χ4n) is 1.92. The Kier molecular flexibility index (Phi) is 5.20. The van der Waals surface area contributed by atoms with Crippen LogP contribution in [0.25, 0.3) is 12.2 Å². The average molecular weight is 272 g/mol. The monoisotopic (exact) mass is 271 g/mol. The molecule has 0 saturated heterocycles. The number of nitrogens with two attached hydrogens (primary N) is 1. The Bertz CT molecular complexity index is 543. The average Bonchev–Trinajstić information content (AvgIpc) is 2.45. The molecule has 2 aromatic carbocycles. The van der Waals surface area contributed by atoms with Gasteiger partial charge in [-0.2, -0.15) is 0 Å². The summed E-state index contributed by atoms with van der Waals surface area (Å²) < 4.78 is 0. The lowest BCUT2D eigenvalue weighted by molar-refractivity contribution is 0.832. The van der Waals surface area contributed by atoms with E-state index in [1.165, 1.54) is 11.1 Å². The Hall–Kier alpha value is -1.57. The molecule has 0 aliphatic carbocycles. The summed E-state index contributed by atoms with van der Waals surface area (Å²) >= 11 is 5.86. The van der Waals surface area contributed by atoms with Crippen molar-refractivity contribution in [3.8, 4) is 0 Å². The van der Waals surface area contributed by atoms with Crippen molar-refractivity contribution < 1.29 is 0 Å². The summed E-state index contributed by atoms with van der Waals surface area (Å²) in [4.78, 5) is 0. The van der Waals surface area contributed by atoms with Crippen molar-refractivity contribution in [3.05, 3.63) is 70.2 Å². The van der Waals surface area contributed by atoms with Gasteiger partial charge in [0, 0.05) is 5.02 Å². The van der Waals surface area contributed by atoms with Crippen LogP contribution in [-0.2, 0) is 6.42 Å². The molecule has 0 aliphatic rings. The van der Waals surface area contributed by atoms with Crippen molar-refractivity contribution >= 4 is 23.8 Å². The molecule has 0 atom stereocenters. The van der Waals surface area contributed by atoms with Crippen LogP contribution >= 0.6 is 11.6 Å². The molecular weight excluding hydrogens is 254 g/mol. The minimum Gasteiger partial charge on any atom is -0.330 e. The SMILES string of the molecule is NCCCc1cccc(C=Cc2ccc(Cl)cc2)c1. The fraction of sp³-hybridized carbons (Fsp3) is 0.176. The molecule has 1 nitrogen and oxygen atoms in total. The maximum absolute atomic E-state index is 5.86. The van der Waals surface area contributed by atoms with E-state index in [9.17, 15) is 0 Å². The molecule has 2 heteroatoms. The first-order valence-corrected chi connectivity index (χ1v) is 6.88. The molecular formula is C17H18ClN. The van der Waals surface area contributed by atoms with Gasteiger partial charge in [-0.3, -0.25) is 0 Å². The third kappa shape index (κ3) is 4.55. The van der Waals surface area contributed by atoms with E-state index < -0.39 is 0 Å². The summed E-state index contributed by atoms with van der Waals surface area (Å²) in [5.41, 5.74) is 9.24. The molecule has 0 radical (unpaired) electrons. The third-order valence-electron chi connectivity index (χ3n) is 2.96. The van der Waals surface area contributed by atoms with Crippen LogP contribution < -0.4 is 5.73 Å². The van der Waals surface area contributed by atoms with E-state index >= 15 is 0 Å². The lowest BCUT2D eigenvalue weighted by Gasteiger charge is -2.01. The Morgan fingerprint density at radius 1 is 0.947 bits per heavy atom. The van der Waals surface area contributed by atoms with E-state index in [-0.39, 0.29) is 0 Å². The van der Waals surface area contributed by atoms with Crippen LogP contribution in [0.15, 0.2) is 48.5 Å². The van der Waals surface area contributed by atoms with Crippen LogP contribution in [-0.4, -0.2) is 6.54 Å². The predicted octanol–water partition coefficient (Wildman–Crippen LogP) is 4.40. The van der Waals surface area contributed by atoms with Crippen molar-refractivity contribution in [3.63, 3.8) is 0 Å². The summed E-state index contributed by atoms with van der Waals surface area (Å²) in [5, 5.41) is 0.765. The zero-order valence-corrected chi connectivity index (χ0v) is 11.6. The molecule has 0 amide bonds. The first kappa shape index (κ1) is 13.9. The molecule has 0 unspecified atom stereocenters. The molecule has 0 heterocycles. The second kappa shape index (κ2) is 7.13. The number of hydrogen-bond donors (Lipinski definition) is 1. The minimum absolute atomic E-state index is 0.741. The lowest BCUT2D eigenvalue weighted by atomic mass is 10.1. The summed E-state index contributed by atoms with van der Waals surface area (Å²) in [5.74, 6) is 0. The molecule has 0 bridgehead atoms. The Morgan fingerprint density at radius 2 is 1.68 bits per heavy atom. The van der Waals surface area contributed by atoms with Crippen molar-refractivity contribution in [2.24, 2.45) is 5.73 Å². The predicted molar refractivity (Wildman–Crippen MR) is 84.2 cm³/mol. The van der Waals surface area contributed by atoms with Gasteiger partial charge >= 0.3 is 0 Å². The molecule has 0 spiro atoms. The minimum atomic E-state index is 0.741. The highest BCUT2D eigenvalue weighted by Crippen LogP contribution is 2.14. The van der Waals surface area contributed by atoms with E-state index in [1.54, 1.807) is 0 Å². The second-order valence-corrected chi connectivity index (χ2v) is 4.96. The molecule has 98 valence electrons. The van der Waals surface area contributed by atoms with Crippen molar-refractivity contribution in [2.45, 2.75) is 12.8 Å². The van der Waals surface area contributed by atoms with Crippen LogP contribution in [0.4, 0.5) is 0 Å². The summed E-state index contributed by atoms with van der Waals surface area (Å²) in [7, 11) is 0. The fourth-order valence-corrected chi connectivity index (χ4v) is 2.05. The Morgan fingerprint density at radius 3 is 2.42 bits per heavy atom. The van der Waals surface area contributed by atoms with Gasteiger partial charge in [-0.25, -0.2) is 0 Å². The van der Waals surface area contributed by atoms with Crippen molar-refractivity contribution in [1.29, 1.82) is 0 Å². The second-order valence-electron chi connectivity index (χ2n) is 4.52. The molecule has 2 rings (SSSR count). The van der Waals surface area contributed by atoms with Crippen molar-refractivity contribution in [1.82, 2.24) is 0 Å². The maximum atomic E-state index is 5.86. The highest BCUT2D eigenvalue weighted by atomic mass is 35.5. The van der Waals surface area contributed by atoms with Crippen LogP contribution in [0.2, 0.25) is 5.02 Å². The highest BCUT2D eigenvalue weighted by molar-refractivity contribution is 6.30. The summed E-state index contributed by atoms with van der Waals surface area (Å²) in [6.07, 6.45) is 6.29. The van der Waals surface area contributed by atoms with Crippen LogP contribution in [0.3, 0.4) is 0 Å². The van der Waals surface area contributed by atoms with E-state index in [1.807, 2.05) is 24.3 Å². The standard InChI is InChI=1S/C17H18ClN/c18-17-10-8-14(9-11-17)6-7-16-4-1-3-15(13-16)5-2-12-19/h1,3-4,6-11,13H,2,5,12,19H2. The van der Waals surface area contributed by atoms with Crippen LogP contribution in [0, 0.1) is 0 Å². The lowest BCUT2D eigenvalue weighted by Crippen LogP contribution is -2.00. The van der Waals surface area contributed by atoms with Gasteiger partial charge in [0.15, 0.2) is 0 Å². The normalized spacial score (nSPS) is 11.1. The summed E-state index contributed by atoms with van der Waals surface area (Å²) in [6.45, 7) is 0.741. The highest BCUT2D eigenvalue weighted by Gasteiger charge is 1.94. The number of benzene rings is 2. The first-order valence-electron chi connectivity index (χ1n) is 6.50. The van der Waals surface area contributed by atoms with Gasteiger partial charge < -0.3 is 5.73 Å². The van der Waals surface area contributed by atoms with Crippen LogP contribution in [0.5, 0.6) is 0 Å². The van der Waals surface area contributed by atoms with E-state index in [4.69, 9.17) is 17.3 Å². The molecule has 0 aromatic heterocycles. The van der Waals surface area contributed by atoms with E-state index in [2.05, 4.69) is 36.4 Å². The molecule has 0 aliphatic heterocycles. The van der Waals surface area contributed by atoms with E-state index in [0.29, 0.717) is 0 Å². The summed E-state index contributed by atoms with van der Waals surface area (Å²) in [6, 6.07) is 16.4. The van der Waals surface area contributed by atoms with Crippen molar-refractivity contribution in [2.75, 3.05) is 6.54 Å². The number of rotatable bonds is 5. The smallest absolute Gasteiger partial charge is 0.0406 e. The molecule has 0 saturated carbocycles. The Labute approximate surface area is 119 Å². The molecule has 2 N–H and O–H groups in total. The maximum Gasteiger partial charge on any atom is 0.0406 e. The molecule has 19 heavy (non-hydrogen) atoms. The van der Waals surface area contributed by atoms with Gasteiger partial charge in [-0.1, -0.05) is 60.2 Å². The zero-order chi connectivity index (χ0) is 13.5. The quantitative estimate of drug-likeness (QED) is 0.802. The first-order chi connectivity index (χ1) is 9.28. The third-order valence-corrected chi connectivity index (χ3v) is 3.21. The van der Waals surface area contributed by atoms with Gasteiger partial charge in [0.25, 0.3) is 0 Å². The number of halogens is 1. The van der Waals surface area contributed by atoms with Gasteiger partial charge in [-0.15, -0.1) is 0 Å². The van der Waals surface area contributed by atoms with Crippen LogP contribution in [0.1, 0.15) is 23.1 Å². The zero-order valence-electron chi connectivity index (χ0n) is 10.9. The largest absolute Gasteiger partial charge is 0.330 e. The topological polar surface area (TPSA) is 26.0 Å². The molecule has 2 aromatic rings. The number of hydrogen-bond acceptors (Lipinski definition) is 1. The Balaban J connectivity index is 2.07. The number of aryl methyl sites for hydroxylation is 1. The van der Waals surface area contributed by atoms with Gasteiger partial charge in [0.2, 0.25) is 0 Å². The van der Waals surface area contributed by atoms with E-state index in [0.717, 1.165) is 30.0 Å². The molecule has 0 fully saturated rings. The van der Waals surface area contributed by atoms with Gasteiger partial charge in [-0.05, 0) is 48.2 Å².